The van der Waals surface area contributed by atoms with E-state index in [2.05, 4.69) is 41.2 Å². The van der Waals surface area contributed by atoms with Crippen LogP contribution in [0.4, 0.5) is 0 Å². The zero-order chi connectivity index (χ0) is 14.4. The summed E-state index contributed by atoms with van der Waals surface area (Å²) in [6.45, 7) is 7.97. The van der Waals surface area contributed by atoms with E-state index in [1.54, 1.807) is 7.11 Å². The summed E-state index contributed by atoms with van der Waals surface area (Å²) in [5.74, 6) is 0. The van der Waals surface area contributed by atoms with Crippen molar-refractivity contribution < 1.29 is 4.74 Å². The molecule has 1 aliphatic rings. The lowest BCUT2D eigenvalue weighted by Crippen LogP contribution is -2.35. The van der Waals surface area contributed by atoms with Crippen molar-refractivity contribution in [3.05, 3.63) is 29.6 Å². The third-order valence-electron chi connectivity index (χ3n) is 3.86. The van der Waals surface area contributed by atoms with Crippen molar-refractivity contribution in [1.82, 2.24) is 15.2 Å². The molecule has 4 heteroatoms. The van der Waals surface area contributed by atoms with Crippen LogP contribution in [-0.2, 0) is 17.8 Å². The van der Waals surface area contributed by atoms with Crippen LogP contribution in [0.1, 0.15) is 37.9 Å². The SMILES string of the molecule is CCN(Cc1ccc(CNC2CC2)cn1)C(C)COC. The van der Waals surface area contributed by atoms with Gasteiger partial charge in [-0.25, -0.2) is 0 Å². The minimum Gasteiger partial charge on any atom is -0.383 e. The van der Waals surface area contributed by atoms with Gasteiger partial charge < -0.3 is 10.1 Å². The molecule has 2 rings (SSSR count). The maximum Gasteiger partial charge on any atom is 0.0615 e. The molecule has 112 valence electrons. The third-order valence-corrected chi connectivity index (χ3v) is 3.86. The molecule has 1 N–H and O–H groups in total. The number of hydrogen-bond acceptors (Lipinski definition) is 4. The van der Waals surface area contributed by atoms with E-state index in [-0.39, 0.29) is 0 Å². The molecule has 1 fully saturated rings. The number of aromatic nitrogens is 1. The zero-order valence-corrected chi connectivity index (χ0v) is 12.9. The van der Waals surface area contributed by atoms with Crippen molar-refractivity contribution in [3.63, 3.8) is 0 Å². The fourth-order valence-electron chi connectivity index (χ4n) is 2.34. The number of pyridine rings is 1. The van der Waals surface area contributed by atoms with Gasteiger partial charge in [-0.3, -0.25) is 9.88 Å². The lowest BCUT2D eigenvalue weighted by atomic mass is 10.2. The Morgan fingerprint density at radius 1 is 1.45 bits per heavy atom. The van der Waals surface area contributed by atoms with E-state index >= 15 is 0 Å². The molecule has 0 spiro atoms. The first-order chi connectivity index (χ1) is 9.72. The predicted octanol–water partition coefficient (Wildman–Crippen LogP) is 2.19. The number of nitrogens with one attached hydrogen (secondary N) is 1. The van der Waals surface area contributed by atoms with Crippen molar-refractivity contribution >= 4 is 0 Å². The van der Waals surface area contributed by atoms with E-state index in [9.17, 15) is 0 Å². The van der Waals surface area contributed by atoms with Crippen molar-refractivity contribution in [1.29, 1.82) is 0 Å². The van der Waals surface area contributed by atoms with Crippen molar-refractivity contribution in [2.24, 2.45) is 0 Å². The van der Waals surface area contributed by atoms with Crippen LogP contribution in [0.25, 0.3) is 0 Å². The van der Waals surface area contributed by atoms with Gasteiger partial charge in [-0.2, -0.15) is 0 Å². The predicted molar refractivity (Wildman–Crippen MR) is 81.5 cm³/mol. The van der Waals surface area contributed by atoms with Gasteiger partial charge in [0.1, 0.15) is 0 Å². The molecule has 1 aliphatic carbocycles. The highest BCUT2D eigenvalue weighted by Crippen LogP contribution is 2.19. The quantitative estimate of drug-likeness (QED) is 0.751. The first-order valence-corrected chi connectivity index (χ1v) is 7.63. The smallest absolute Gasteiger partial charge is 0.0615 e. The number of likely N-dealkylation sites (N-methyl/N-ethyl adjacent to an activating group) is 1. The molecule has 0 saturated heterocycles. The first-order valence-electron chi connectivity index (χ1n) is 7.63. The van der Waals surface area contributed by atoms with Gasteiger partial charge >= 0.3 is 0 Å². The molecule has 1 heterocycles. The second-order valence-electron chi connectivity index (χ2n) is 5.68. The van der Waals surface area contributed by atoms with Gasteiger partial charge in [0.2, 0.25) is 0 Å². The molecular weight excluding hydrogens is 250 g/mol. The van der Waals surface area contributed by atoms with E-state index in [0.717, 1.165) is 38.0 Å². The first kappa shape index (κ1) is 15.4. The van der Waals surface area contributed by atoms with Crippen LogP contribution >= 0.6 is 0 Å². The minimum absolute atomic E-state index is 0.419. The molecule has 1 saturated carbocycles. The Hall–Kier alpha value is -0.970. The van der Waals surface area contributed by atoms with Crippen LogP contribution in [0.3, 0.4) is 0 Å². The van der Waals surface area contributed by atoms with Crippen LogP contribution in [0.2, 0.25) is 0 Å². The second kappa shape index (κ2) is 7.72. The molecule has 20 heavy (non-hydrogen) atoms. The molecule has 0 aliphatic heterocycles. The average Bonchev–Trinajstić information content (AvgIpc) is 3.28. The summed E-state index contributed by atoms with van der Waals surface area (Å²) >= 11 is 0. The molecule has 1 unspecified atom stereocenters. The van der Waals surface area contributed by atoms with E-state index in [4.69, 9.17) is 4.74 Å². The van der Waals surface area contributed by atoms with E-state index in [1.807, 2.05) is 6.20 Å². The average molecular weight is 277 g/mol. The maximum atomic E-state index is 5.23. The lowest BCUT2D eigenvalue weighted by Gasteiger charge is -2.26. The van der Waals surface area contributed by atoms with Crippen molar-refractivity contribution in [3.8, 4) is 0 Å². The molecule has 4 nitrogen and oxygen atoms in total. The highest BCUT2D eigenvalue weighted by Gasteiger charge is 2.20. The van der Waals surface area contributed by atoms with Crippen LogP contribution < -0.4 is 5.32 Å². The fourth-order valence-corrected chi connectivity index (χ4v) is 2.34. The van der Waals surface area contributed by atoms with E-state index in [0.29, 0.717) is 6.04 Å². The summed E-state index contributed by atoms with van der Waals surface area (Å²) < 4.78 is 5.23. The Labute approximate surface area is 122 Å². The summed E-state index contributed by atoms with van der Waals surface area (Å²) in [6.07, 6.45) is 4.66. The number of methoxy groups -OCH3 is 1. The molecule has 0 amide bonds. The van der Waals surface area contributed by atoms with Gasteiger partial charge in [-0.1, -0.05) is 13.0 Å². The van der Waals surface area contributed by atoms with Crippen LogP contribution in [0, 0.1) is 0 Å². The summed E-state index contributed by atoms with van der Waals surface area (Å²) in [4.78, 5) is 6.97. The van der Waals surface area contributed by atoms with Crippen molar-refractivity contribution in [2.75, 3.05) is 20.3 Å². The number of ether oxygens (including phenoxy) is 1. The van der Waals surface area contributed by atoms with Gasteiger partial charge in [-0.15, -0.1) is 0 Å². The van der Waals surface area contributed by atoms with E-state index in [1.165, 1.54) is 18.4 Å². The maximum absolute atomic E-state index is 5.23. The topological polar surface area (TPSA) is 37.4 Å². The van der Waals surface area contributed by atoms with Gasteiger partial charge in [0.25, 0.3) is 0 Å². The minimum atomic E-state index is 0.419. The van der Waals surface area contributed by atoms with Crippen LogP contribution in [0.15, 0.2) is 18.3 Å². The van der Waals surface area contributed by atoms with Gasteiger partial charge in [-0.05, 0) is 37.9 Å². The number of hydrogen-bond donors (Lipinski definition) is 1. The van der Waals surface area contributed by atoms with Crippen LogP contribution in [0.5, 0.6) is 0 Å². The number of rotatable bonds is 9. The normalized spacial score (nSPS) is 16.6. The highest BCUT2D eigenvalue weighted by atomic mass is 16.5. The largest absolute Gasteiger partial charge is 0.383 e. The fraction of sp³-hybridized carbons (Fsp3) is 0.688. The van der Waals surface area contributed by atoms with Gasteiger partial charge in [0, 0.05) is 38.5 Å². The molecule has 1 atom stereocenters. The summed E-state index contributed by atoms with van der Waals surface area (Å²) in [6, 6.07) is 5.50. The Balaban J connectivity index is 1.84. The molecule has 0 bridgehead atoms. The van der Waals surface area contributed by atoms with Gasteiger partial charge in [0.05, 0.1) is 12.3 Å². The summed E-state index contributed by atoms with van der Waals surface area (Å²) in [5.41, 5.74) is 2.40. The molecule has 0 radical (unpaired) electrons. The Kier molecular flexibility index (Phi) is 5.95. The Morgan fingerprint density at radius 2 is 2.25 bits per heavy atom. The van der Waals surface area contributed by atoms with E-state index < -0.39 is 0 Å². The standard InChI is InChI=1S/C16H27N3O/c1-4-19(13(2)12-20-3)11-16-6-5-14(10-18-16)9-17-15-7-8-15/h5-6,10,13,15,17H,4,7-9,11-12H2,1-3H3. The summed E-state index contributed by atoms with van der Waals surface area (Å²) in [7, 11) is 1.75. The second-order valence-corrected chi connectivity index (χ2v) is 5.68. The number of nitrogens with zero attached hydrogens (tertiary/aromatic N) is 2. The Bertz CT molecular complexity index is 389. The monoisotopic (exact) mass is 277 g/mol. The molecular formula is C16H27N3O. The summed E-state index contributed by atoms with van der Waals surface area (Å²) in [5, 5.41) is 3.51. The molecule has 1 aromatic heterocycles. The van der Waals surface area contributed by atoms with Crippen LogP contribution in [-0.4, -0.2) is 42.2 Å². The molecule has 0 aromatic carbocycles. The lowest BCUT2D eigenvalue weighted by molar-refractivity contribution is 0.0974. The van der Waals surface area contributed by atoms with Crippen molar-refractivity contribution in [2.45, 2.75) is 51.9 Å². The highest BCUT2D eigenvalue weighted by molar-refractivity contribution is 5.14. The Morgan fingerprint density at radius 3 is 2.80 bits per heavy atom. The molecule has 1 aromatic rings. The van der Waals surface area contributed by atoms with Gasteiger partial charge in [0.15, 0.2) is 0 Å². The zero-order valence-electron chi connectivity index (χ0n) is 12.9. The third kappa shape index (κ3) is 4.85.